The molecule has 156 valence electrons. The summed E-state index contributed by atoms with van der Waals surface area (Å²) in [6.45, 7) is 0.184. The third kappa shape index (κ3) is 8.30. The Morgan fingerprint density at radius 1 is 1.00 bits per heavy atom. The van der Waals surface area contributed by atoms with E-state index in [-0.39, 0.29) is 24.8 Å². The van der Waals surface area contributed by atoms with E-state index in [0.29, 0.717) is 18.6 Å². The van der Waals surface area contributed by atoms with E-state index in [1.165, 1.54) is 0 Å². The fraction of sp³-hybridized carbons (Fsp3) is 0.391. The highest BCUT2D eigenvalue weighted by Crippen LogP contribution is 2.17. The molecular formula is C23H29NO4S. The molecule has 0 saturated carbocycles. The van der Waals surface area contributed by atoms with Crippen LogP contribution in [0.1, 0.15) is 24.0 Å². The van der Waals surface area contributed by atoms with Gasteiger partial charge in [0, 0.05) is 29.2 Å². The normalized spacial score (nSPS) is 14.0. The Balaban J connectivity index is 2.05. The van der Waals surface area contributed by atoms with Gasteiger partial charge in [-0.3, -0.25) is 13.8 Å². The molecule has 6 heteroatoms. The maximum absolute atomic E-state index is 12.8. The van der Waals surface area contributed by atoms with Crippen molar-refractivity contribution in [1.82, 2.24) is 5.32 Å². The molecule has 0 aliphatic rings. The van der Waals surface area contributed by atoms with E-state index in [2.05, 4.69) is 5.32 Å². The zero-order chi connectivity index (χ0) is 21.1. The maximum Gasteiger partial charge on any atom is 0.310 e. The number of esters is 1. The summed E-state index contributed by atoms with van der Waals surface area (Å²) in [5.74, 6) is -0.550. The van der Waals surface area contributed by atoms with Crippen molar-refractivity contribution >= 4 is 22.6 Å². The predicted octanol–water partition coefficient (Wildman–Crippen LogP) is 2.90. The van der Waals surface area contributed by atoms with Crippen LogP contribution < -0.4 is 5.32 Å². The van der Waals surface area contributed by atoms with Crippen molar-refractivity contribution in [2.24, 2.45) is 5.92 Å². The van der Waals surface area contributed by atoms with Gasteiger partial charge in [0.1, 0.15) is 6.61 Å². The van der Waals surface area contributed by atoms with Crippen LogP contribution in [0.4, 0.5) is 0 Å². The zero-order valence-corrected chi connectivity index (χ0v) is 17.8. The lowest BCUT2D eigenvalue weighted by molar-refractivity contribution is -0.151. The molecule has 0 fully saturated rings. The first-order valence-electron chi connectivity index (χ1n) is 9.74. The summed E-state index contributed by atoms with van der Waals surface area (Å²) in [5, 5.41) is 2.99. The van der Waals surface area contributed by atoms with E-state index in [1.807, 2.05) is 60.7 Å². The van der Waals surface area contributed by atoms with Crippen molar-refractivity contribution in [3.8, 4) is 0 Å². The summed E-state index contributed by atoms with van der Waals surface area (Å²) in [6.07, 6.45) is 2.63. The van der Waals surface area contributed by atoms with E-state index in [4.69, 9.17) is 4.74 Å². The fourth-order valence-corrected chi connectivity index (χ4v) is 3.69. The van der Waals surface area contributed by atoms with Crippen LogP contribution in [0.2, 0.25) is 0 Å². The molecule has 3 unspecified atom stereocenters. The summed E-state index contributed by atoms with van der Waals surface area (Å²) in [7, 11) is 0.744. The molecule has 2 aromatic rings. The van der Waals surface area contributed by atoms with E-state index < -0.39 is 22.8 Å². The van der Waals surface area contributed by atoms with Crippen LogP contribution in [-0.4, -0.2) is 41.1 Å². The average Bonchev–Trinajstić information content (AvgIpc) is 2.73. The van der Waals surface area contributed by atoms with Gasteiger partial charge in [-0.05, 0) is 31.0 Å². The molecule has 0 radical (unpaired) electrons. The highest BCUT2D eigenvalue weighted by Gasteiger charge is 2.27. The Kier molecular flexibility index (Phi) is 9.74. The highest BCUT2D eigenvalue weighted by molar-refractivity contribution is 7.84. The SMILES string of the molecule is CNC(CCS(C)=O)C(=O)CC(Cc1ccccc1)C(=O)OCc1ccccc1. The number of nitrogens with one attached hydrogen (secondary N) is 1. The number of benzene rings is 2. The number of carbonyl (C=O) groups excluding carboxylic acids is 2. The smallest absolute Gasteiger partial charge is 0.310 e. The molecule has 0 saturated heterocycles. The van der Waals surface area contributed by atoms with Crippen molar-refractivity contribution in [2.45, 2.75) is 31.9 Å². The van der Waals surface area contributed by atoms with Gasteiger partial charge in [0.2, 0.25) is 0 Å². The Morgan fingerprint density at radius 3 is 2.14 bits per heavy atom. The standard InChI is InChI=1S/C23H29NO4S/c1-24-21(13-14-29(2)27)22(25)16-20(15-18-9-5-3-6-10-18)23(26)28-17-19-11-7-4-8-12-19/h3-12,20-21,24H,13-17H2,1-2H3. The number of ketones is 1. The summed E-state index contributed by atoms with van der Waals surface area (Å²) in [6, 6.07) is 18.7. The molecule has 29 heavy (non-hydrogen) atoms. The van der Waals surface area contributed by atoms with Gasteiger partial charge >= 0.3 is 5.97 Å². The second-order valence-corrected chi connectivity index (χ2v) is 8.61. The lowest BCUT2D eigenvalue weighted by atomic mass is 9.91. The lowest BCUT2D eigenvalue weighted by Gasteiger charge is -2.19. The van der Waals surface area contributed by atoms with Crippen LogP contribution in [0.5, 0.6) is 0 Å². The molecule has 0 aromatic heterocycles. The second kappa shape index (κ2) is 12.3. The van der Waals surface area contributed by atoms with Crippen molar-refractivity contribution in [2.75, 3.05) is 19.1 Å². The van der Waals surface area contributed by atoms with E-state index in [0.717, 1.165) is 11.1 Å². The lowest BCUT2D eigenvalue weighted by Crippen LogP contribution is -2.37. The van der Waals surface area contributed by atoms with E-state index in [9.17, 15) is 13.8 Å². The third-order valence-corrected chi connectivity index (χ3v) is 5.57. The molecule has 1 N–H and O–H groups in total. The molecule has 3 atom stereocenters. The quantitative estimate of drug-likeness (QED) is 0.540. The first kappa shape index (κ1) is 23.0. The van der Waals surface area contributed by atoms with E-state index in [1.54, 1.807) is 13.3 Å². The Morgan fingerprint density at radius 2 is 1.59 bits per heavy atom. The molecule has 5 nitrogen and oxygen atoms in total. The van der Waals surface area contributed by atoms with Gasteiger partial charge in [-0.15, -0.1) is 0 Å². The van der Waals surface area contributed by atoms with Gasteiger partial charge in [-0.25, -0.2) is 0 Å². The second-order valence-electron chi connectivity index (χ2n) is 7.06. The Bertz CT molecular complexity index is 795. The maximum atomic E-state index is 12.8. The largest absolute Gasteiger partial charge is 0.461 e. The number of ether oxygens (including phenoxy) is 1. The molecule has 0 bridgehead atoms. The monoisotopic (exact) mass is 415 g/mol. The molecular weight excluding hydrogens is 386 g/mol. The molecule has 0 aliphatic heterocycles. The van der Waals surface area contributed by atoms with Gasteiger partial charge in [0.05, 0.1) is 12.0 Å². The van der Waals surface area contributed by atoms with Crippen LogP contribution >= 0.6 is 0 Å². The predicted molar refractivity (Wildman–Crippen MR) is 116 cm³/mol. The fourth-order valence-electron chi connectivity index (χ4n) is 3.12. The number of Topliss-reactive ketones (excluding diaryl/α,β-unsaturated/α-hetero) is 1. The molecule has 0 heterocycles. The zero-order valence-electron chi connectivity index (χ0n) is 17.0. The van der Waals surface area contributed by atoms with Crippen molar-refractivity contribution in [3.63, 3.8) is 0 Å². The van der Waals surface area contributed by atoms with Gasteiger partial charge in [0.25, 0.3) is 0 Å². The van der Waals surface area contributed by atoms with Crippen LogP contribution in [-0.2, 0) is 38.2 Å². The first-order chi connectivity index (χ1) is 14.0. The Labute approximate surface area is 175 Å². The topological polar surface area (TPSA) is 72.5 Å². The van der Waals surface area contributed by atoms with Gasteiger partial charge in [-0.2, -0.15) is 0 Å². The third-order valence-electron chi connectivity index (χ3n) is 4.76. The number of hydrogen-bond donors (Lipinski definition) is 1. The van der Waals surface area contributed by atoms with Crippen molar-refractivity contribution in [1.29, 1.82) is 0 Å². The Hall–Kier alpha value is -2.31. The molecule has 0 aliphatic carbocycles. The summed E-state index contributed by atoms with van der Waals surface area (Å²) in [4.78, 5) is 25.6. The number of rotatable bonds is 12. The van der Waals surface area contributed by atoms with E-state index >= 15 is 0 Å². The highest BCUT2D eigenvalue weighted by atomic mass is 32.2. The minimum absolute atomic E-state index is 0.0597. The summed E-state index contributed by atoms with van der Waals surface area (Å²) in [5.41, 5.74) is 1.89. The van der Waals surface area contributed by atoms with Gasteiger partial charge in [0.15, 0.2) is 5.78 Å². The average molecular weight is 416 g/mol. The van der Waals surface area contributed by atoms with Crippen molar-refractivity contribution in [3.05, 3.63) is 71.8 Å². The molecule has 2 rings (SSSR count). The van der Waals surface area contributed by atoms with Crippen LogP contribution in [0.15, 0.2) is 60.7 Å². The van der Waals surface area contributed by atoms with Crippen LogP contribution in [0.25, 0.3) is 0 Å². The minimum atomic E-state index is -0.965. The molecule has 2 aromatic carbocycles. The number of hydrogen-bond acceptors (Lipinski definition) is 5. The molecule has 0 amide bonds. The minimum Gasteiger partial charge on any atom is -0.461 e. The molecule has 0 spiro atoms. The number of likely N-dealkylation sites (N-methyl/N-ethyl adjacent to an activating group) is 1. The van der Waals surface area contributed by atoms with Gasteiger partial charge in [-0.1, -0.05) is 60.7 Å². The number of carbonyl (C=O) groups is 2. The van der Waals surface area contributed by atoms with Crippen LogP contribution in [0.3, 0.4) is 0 Å². The summed E-state index contributed by atoms with van der Waals surface area (Å²) < 4.78 is 16.9. The van der Waals surface area contributed by atoms with Crippen molar-refractivity contribution < 1.29 is 18.5 Å². The first-order valence-corrected chi connectivity index (χ1v) is 11.5. The van der Waals surface area contributed by atoms with Gasteiger partial charge < -0.3 is 10.1 Å². The summed E-state index contributed by atoms with van der Waals surface area (Å²) >= 11 is 0. The van der Waals surface area contributed by atoms with Crippen LogP contribution in [0, 0.1) is 5.92 Å².